The van der Waals surface area contributed by atoms with Gasteiger partial charge >= 0.3 is 11.8 Å². The monoisotopic (exact) mass is 356 g/mol. The quantitative estimate of drug-likeness (QED) is 0.415. The second-order valence-corrected chi connectivity index (χ2v) is 5.70. The van der Waals surface area contributed by atoms with Crippen LogP contribution in [0.4, 0.5) is 5.69 Å². The van der Waals surface area contributed by atoms with Crippen LogP contribution in [0.5, 0.6) is 0 Å². The van der Waals surface area contributed by atoms with Crippen molar-refractivity contribution >= 4 is 29.6 Å². The van der Waals surface area contributed by atoms with E-state index in [4.69, 9.17) is 4.42 Å². The van der Waals surface area contributed by atoms with Gasteiger partial charge in [-0.15, -0.1) is 0 Å². The maximum Gasteiger partial charge on any atom is 0.313 e. The number of furan rings is 1. The van der Waals surface area contributed by atoms with E-state index < -0.39 is 11.8 Å². The third kappa shape index (κ3) is 5.90. The minimum absolute atomic E-state index is 0.0488. The molecule has 0 saturated carbocycles. The molecule has 3 N–H and O–H groups in total. The Balaban J connectivity index is 1.80. The van der Waals surface area contributed by atoms with Gasteiger partial charge in [-0.3, -0.25) is 14.4 Å². The van der Waals surface area contributed by atoms with Crippen molar-refractivity contribution in [2.24, 2.45) is 11.0 Å². The number of nitrogens with one attached hydrogen (secondary N) is 3. The van der Waals surface area contributed by atoms with Gasteiger partial charge in [0.25, 0.3) is 0 Å². The largest absolute Gasteiger partial charge is 0.458 e. The highest BCUT2D eigenvalue weighted by atomic mass is 16.3. The van der Waals surface area contributed by atoms with Crippen LogP contribution < -0.4 is 16.1 Å². The fourth-order valence-corrected chi connectivity index (χ4v) is 1.80. The maximum absolute atomic E-state index is 11.8. The Kier molecular flexibility index (Phi) is 6.67. The lowest BCUT2D eigenvalue weighted by Crippen LogP contribution is -2.34. The Morgan fingerprint density at radius 3 is 2.50 bits per heavy atom. The molecule has 3 amide bonds. The highest BCUT2D eigenvalue weighted by Gasteiger charge is 2.14. The number of benzene rings is 1. The topological polar surface area (TPSA) is 113 Å². The molecule has 0 fully saturated rings. The Morgan fingerprint density at radius 1 is 1.08 bits per heavy atom. The fourth-order valence-electron chi connectivity index (χ4n) is 1.80. The first kappa shape index (κ1) is 18.9. The van der Waals surface area contributed by atoms with E-state index in [1.165, 1.54) is 6.21 Å². The molecule has 8 nitrogen and oxygen atoms in total. The van der Waals surface area contributed by atoms with E-state index in [2.05, 4.69) is 21.2 Å². The summed E-state index contributed by atoms with van der Waals surface area (Å²) in [4.78, 5) is 35.0. The highest BCUT2D eigenvalue weighted by molar-refractivity contribution is 6.39. The standard InChI is InChI=1S/C18H20N4O4/c1-12(2)16(23)22-20-11-15-9-8-14(26-15)10-19-17(24)18(25)21-13-6-4-3-5-7-13/h3-9,11-12H,10H2,1-2H3,(H,19,24)(H,21,25)(H,22,23)/b20-11-. The van der Waals surface area contributed by atoms with Gasteiger partial charge in [-0.1, -0.05) is 32.0 Å². The van der Waals surface area contributed by atoms with Crippen molar-refractivity contribution in [3.63, 3.8) is 0 Å². The smallest absolute Gasteiger partial charge is 0.313 e. The first-order valence-corrected chi connectivity index (χ1v) is 8.01. The van der Waals surface area contributed by atoms with Crippen LogP contribution in [-0.4, -0.2) is 23.9 Å². The van der Waals surface area contributed by atoms with E-state index >= 15 is 0 Å². The molecule has 2 aromatic rings. The summed E-state index contributed by atoms with van der Waals surface area (Å²) in [6.45, 7) is 3.56. The molecule has 0 bridgehead atoms. The number of carbonyl (C=O) groups is 3. The Labute approximate surface area is 150 Å². The van der Waals surface area contributed by atoms with Crippen molar-refractivity contribution in [1.82, 2.24) is 10.7 Å². The number of para-hydroxylation sites is 1. The molecule has 1 aromatic heterocycles. The van der Waals surface area contributed by atoms with Crippen molar-refractivity contribution in [2.45, 2.75) is 20.4 Å². The number of hydrogen-bond acceptors (Lipinski definition) is 5. The van der Waals surface area contributed by atoms with E-state index in [1.54, 1.807) is 50.2 Å². The van der Waals surface area contributed by atoms with Crippen LogP contribution in [0.25, 0.3) is 0 Å². The second-order valence-electron chi connectivity index (χ2n) is 5.70. The minimum Gasteiger partial charge on any atom is -0.458 e. The maximum atomic E-state index is 11.8. The molecule has 0 spiro atoms. The van der Waals surface area contributed by atoms with Gasteiger partial charge in [0.2, 0.25) is 5.91 Å². The van der Waals surface area contributed by atoms with Gasteiger partial charge < -0.3 is 15.1 Å². The Bertz CT molecular complexity index is 797. The molecule has 0 unspecified atom stereocenters. The zero-order valence-electron chi connectivity index (χ0n) is 14.5. The Hall–Kier alpha value is -3.42. The summed E-state index contributed by atoms with van der Waals surface area (Å²) in [5.41, 5.74) is 2.91. The predicted molar refractivity (Wildman–Crippen MR) is 96.2 cm³/mol. The lowest BCUT2D eigenvalue weighted by atomic mass is 10.2. The van der Waals surface area contributed by atoms with Gasteiger partial charge in [-0.05, 0) is 24.3 Å². The zero-order valence-corrected chi connectivity index (χ0v) is 14.5. The molecule has 26 heavy (non-hydrogen) atoms. The molecule has 0 aliphatic carbocycles. The van der Waals surface area contributed by atoms with Gasteiger partial charge in [0, 0.05) is 11.6 Å². The summed E-state index contributed by atoms with van der Waals surface area (Å²) in [6.07, 6.45) is 1.35. The van der Waals surface area contributed by atoms with Gasteiger partial charge in [-0.25, -0.2) is 5.43 Å². The van der Waals surface area contributed by atoms with Crippen molar-refractivity contribution < 1.29 is 18.8 Å². The average molecular weight is 356 g/mol. The molecule has 0 saturated heterocycles. The van der Waals surface area contributed by atoms with Crippen molar-refractivity contribution in [3.05, 3.63) is 54.0 Å². The summed E-state index contributed by atoms with van der Waals surface area (Å²) in [7, 11) is 0. The van der Waals surface area contributed by atoms with Crippen LogP contribution in [0.1, 0.15) is 25.4 Å². The number of rotatable bonds is 6. The molecule has 0 aliphatic rings. The molecular weight excluding hydrogens is 336 g/mol. The first-order chi connectivity index (χ1) is 12.5. The Morgan fingerprint density at radius 2 is 1.81 bits per heavy atom. The van der Waals surface area contributed by atoms with Gasteiger partial charge in [0.05, 0.1) is 12.8 Å². The molecule has 0 atom stereocenters. The number of amides is 3. The lowest BCUT2D eigenvalue weighted by molar-refractivity contribution is -0.136. The summed E-state index contributed by atoms with van der Waals surface area (Å²) in [5, 5.41) is 8.73. The zero-order chi connectivity index (χ0) is 18.9. The van der Waals surface area contributed by atoms with Crippen LogP contribution in [-0.2, 0) is 20.9 Å². The number of anilines is 1. The summed E-state index contributed by atoms with van der Waals surface area (Å²) in [5.74, 6) is -1.05. The number of nitrogens with zero attached hydrogens (tertiary/aromatic N) is 1. The fraction of sp³-hybridized carbons (Fsp3) is 0.222. The molecule has 1 aromatic carbocycles. The molecule has 2 rings (SSSR count). The van der Waals surface area contributed by atoms with Crippen LogP contribution in [0.2, 0.25) is 0 Å². The van der Waals surface area contributed by atoms with Crippen LogP contribution in [0, 0.1) is 5.92 Å². The van der Waals surface area contributed by atoms with E-state index in [0.717, 1.165) is 0 Å². The molecule has 136 valence electrons. The van der Waals surface area contributed by atoms with Gasteiger partial charge in [-0.2, -0.15) is 5.10 Å². The molecular formula is C18H20N4O4. The van der Waals surface area contributed by atoms with Gasteiger partial charge in [0.15, 0.2) is 0 Å². The third-order valence-corrected chi connectivity index (χ3v) is 3.23. The van der Waals surface area contributed by atoms with E-state index in [1.807, 2.05) is 6.07 Å². The lowest BCUT2D eigenvalue weighted by Gasteiger charge is -2.05. The van der Waals surface area contributed by atoms with Gasteiger partial charge in [0.1, 0.15) is 11.5 Å². The SMILES string of the molecule is CC(C)C(=O)N/N=C\c1ccc(CNC(=O)C(=O)Nc2ccccc2)o1. The summed E-state index contributed by atoms with van der Waals surface area (Å²) in [6, 6.07) is 12.0. The van der Waals surface area contributed by atoms with E-state index in [0.29, 0.717) is 17.2 Å². The molecule has 0 radical (unpaired) electrons. The van der Waals surface area contributed by atoms with Crippen molar-refractivity contribution in [2.75, 3.05) is 5.32 Å². The number of carbonyl (C=O) groups excluding carboxylic acids is 3. The normalized spacial score (nSPS) is 10.7. The predicted octanol–water partition coefficient (Wildman–Crippen LogP) is 1.64. The van der Waals surface area contributed by atoms with E-state index in [9.17, 15) is 14.4 Å². The molecule has 0 aliphatic heterocycles. The van der Waals surface area contributed by atoms with Crippen molar-refractivity contribution in [1.29, 1.82) is 0 Å². The second kappa shape index (κ2) is 9.16. The van der Waals surface area contributed by atoms with Crippen LogP contribution in [0.15, 0.2) is 52.0 Å². The van der Waals surface area contributed by atoms with Crippen LogP contribution in [0.3, 0.4) is 0 Å². The van der Waals surface area contributed by atoms with Crippen LogP contribution >= 0.6 is 0 Å². The summed E-state index contributed by atoms with van der Waals surface area (Å²) < 4.78 is 5.43. The van der Waals surface area contributed by atoms with E-state index in [-0.39, 0.29) is 18.4 Å². The minimum atomic E-state index is -0.773. The average Bonchev–Trinajstić information content (AvgIpc) is 3.08. The van der Waals surface area contributed by atoms with Crippen molar-refractivity contribution in [3.8, 4) is 0 Å². The third-order valence-electron chi connectivity index (χ3n) is 3.23. The first-order valence-electron chi connectivity index (χ1n) is 8.01. The molecule has 8 heteroatoms. The number of hydrogen-bond donors (Lipinski definition) is 3. The highest BCUT2D eigenvalue weighted by Crippen LogP contribution is 2.06. The summed E-state index contributed by atoms with van der Waals surface area (Å²) >= 11 is 0. The molecule has 1 heterocycles. The number of hydrazone groups is 1.